The Balaban J connectivity index is 2.04. The summed E-state index contributed by atoms with van der Waals surface area (Å²) in [5.41, 5.74) is 2.34. The van der Waals surface area contributed by atoms with Crippen molar-refractivity contribution in [1.82, 2.24) is 10.1 Å². The van der Waals surface area contributed by atoms with Gasteiger partial charge in [0, 0.05) is 10.0 Å². The molecule has 0 aliphatic carbocycles. The van der Waals surface area contributed by atoms with Crippen molar-refractivity contribution in [3.05, 3.63) is 52.5 Å². The van der Waals surface area contributed by atoms with Crippen LogP contribution >= 0.6 is 15.9 Å². The maximum atomic E-state index is 9.94. The molecular weight excluding hydrogens is 320 g/mol. The van der Waals surface area contributed by atoms with Crippen molar-refractivity contribution in [3.63, 3.8) is 0 Å². The highest BCUT2D eigenvalue weighted by Gasteiger charge is 2.15. The standard InChI is InChI=1S/C15H11BrN2O2/c1-9-6-7-11(13(19)8-9)15-17-14(18-20-15)10-4-2-3-5-12(10)16/h2-8,19H,1H3. The van der Waals surface area contributed by atoms with E-state index >= 15 is 0 Å². The Bertz CT molecular complexity index is 768. The van der Waals surface area contributed by atoms with Crippen molar-refractivity contribution in [2.75, 3.05) is 0 Å². The predicted molar refractivity (Wildman–Crippen MR) is 79.3 cm³/mol. The molecule has 0 saturated heterocycles. The van der Waals surface area contributed by atoms with Gasteiger partial charge in [-0.3, -0.25) is 0 Å². The molecule has 0 spiro atoms. The van der Waals surface area contributed by atoms with Gasteiger partial charge in [0.05, 0.1) is 5.56 Å². The number of aryl methyl sites for hydroxylation is 1. The van der Waals surface area contributed by atoms with Gasteiger partial charge in [0.25, 0.3) is 5.89 Å². The van der Waals surface area contributed by atoms with Crippen LogP contribution in [0.3, 0.4) is 0 Å². The molecule has 0 radical (unpaired) electrons. The number of hydrogen-bond acceptors (Lipinski definition) is 4. The lowest BCUT2D eigenvalue weighted by Gasteiger charge is -2.00. The van der Waals surface area contributed by atoms with Crippen LogP contribution in [0.2, 0.25) is 0 Å². The number of rotatable bonds is 2. The van der Waals surface area contributed by atoms with Crippen molar-refractivity contribution < 1.29 is 9.63 Å². The summed E-state index contributed by atoms with van der Waals surface area (Å²) in [5.74, 6) is 0.910. The van der Waals surface area contributed by atoms with Gasteiger partial charge in [-0.2, -0.15) is 4.98 Å². The molecule has 0 aliphatic rings. The van der Waals surface area contributed by atoms with E-state index in [4.69, 9.17) is 4.52 Å². The van der Waals surface area contributed by atoms with Crippen LogP contribution in [0.4, 0.5) is 0 Å². The lowest BCUT2D eigenvalue weighted by atomic mass is 10.1. The largest absolute Gasteiger partial charge is 0.507 e. The lowest BCUT2D eigenvalue weighted by Crippen LogP contribution is -1.83. The van der Waals surface area contributed by atoms with Crippen molar-refractivity contribution >= 4 is 15.9 Å². The molecule has 3 rings (SSSR count). The molecular formula is C15H11BrN2O2. The number of phenols is 1. The van der Waals surface area contributed by atoms with Crippen LogP contribution in [0, 0.1) is 6.92 Å². The molecule has 0 bridgehead atoms. The van der Waals surface area contributed by atoms with Crippen LogP contribution in [0.5, 0.6) is 5.75 Å². The number of benzene rings is 2. The minimum Gasteiger partial charge on any atom is -0.507 e. The predicted octanol–water partition coefficient (Wildman–Crippen LogP) is 4.18. The van der Waals surface area contributed by atoms with E-state index in [1.807, 2.05) is 37.3 Å². The van der Waals surface area contributed by atoms with E-state index in [9.17, 15) is 5.11 Å². The third kappa shape index (κ3) is 2.32. The maximum absolute atomic E-state index is 9.94. The van der Waals surface area contributed by atoms with E-state index < -0.39 is 0 Å². The topological polar surface area (TPSA) is 59.2 Å². The first kappa shape index (κ1) is 12.9. The fraction of sp³-hybridized carbons (Fsp3) is 0.0667. The maximum Gasteiger partial charge on any atom is 0.261 e. The molecule has 0 amide bonds. The number of aromatic hydroxyl groups is 1. The number of hydrogen-bond donors (Lipinski definition) is 1. The Kier molecular flexibility index (Phi) is 3.28. The van der Waals surface area contributed by atoms with Crippen LogP contribution < -0.4 is 0 Å². The Morgan fingerprint density at radius 1 is 1.10 bits per heavy atom. The second kappa shape index (κ2) is 5.09. The van der Waals surface area contributed by atoms with Crippen LogP contribution in [0.15, 0.2) is 51.5 Å². The summed E-state index contributed by atoms with van der Waals surface area (Å²) in [6, 6.07) is 12.9. The number of halogens is 1. The van der Waals surface area contributed by atoms with E-state index in [2.05, 4.69) is 26.1 Å². The van der Waals surface area contributed by atoms with Gasteiger partial charge in [-0.25, -0.2) is 0 Å². The molecule has 4 nitrogen and oxygen atoms in total. The highest BCUT2D eigenvalue weighted by molar-refractivity contribution is 9.10. The number of aromatic nitrogens is 2. The van der Waals surface area contributed by atoms with Crippen LogP contribution in [-0.4, -0.2) is 15.2 Å². The zero-order valence-corrected chi connectivity index (χ0v) is 12.3. The molecule has 1 N–H and O–H groups in total. The zero-order chi connectivity index (χ0) is 14.1. The van der Waals surface area contributed by atoms with Crippen LogP contribution in [0.25, 0.3) is 22.8 Å². The van der Waals surface area contributed by atoms with Gasteiger partial charge in [0.1, 0.15) is 5.75 Å². The molecule has 2 aromatic carbocycles. The summed E-state index contributed by atoms with van der Waals surface area (Å²) in [6.45, 7) is 1.91. The summed E-state index contributed by atoms with van der Waals surface area (Å²) < 4.78 is 6.13. The molecule has 0 atom stereocenters. The number of nitrogens with zero attached hydrogens (tertiary/aromatic N) is 2. The molecule has 0 aliphatic heterocycles. The Morgan fingerprint density at radius 2 is 1.90 bits per heavy atom. The third-order valence-electron chi connectivity index (χ3n) is 2.92. The van der Waals surface area contributed by atoms with Gasteiger partial charge >= 0.3 is 0 Å². The Morgan fingerprint density at radius 3 is 2.65 bits per heavy atom. The summed E-state index contributed by atoms with van der Waals surface area (Å²) in [4.78, 5) is 4.33. The Labute approximate surface area is 124 Å². The minimum atomic E-state index is 0.132. The molecule has 5 heteroatoms. The van der Waals surface area contributed by atoms with Crippen molar-refractivity contribution in [1.29, 1.82) is 0 Å². The average molecular weight is 331 g/mol. The normalized spacial score (nSPS) is 10.7. The summed E-state index contributed by atoms with van der Waals surface area (Å²) in [5, 5.41) is 13.9. The second-order valence-corrected chi connectivity index (χ2v) is 5.28. The third-order valence-corrected chi connectivity index (χ3v) is 3.62. The van der Waals surface area contributed by atoms with Gasteiger partial charge in [-0.05, 0) is 36.8 Å². The summed E-state index contributed by atoms with van der Waals surface area (Å²) in [6.07, 6.45) is 0. The fourth-order valence-corrected chi connectivity index (χ4v) is 2.37. The van der Waals surface area contributed by atoms with E-state index in [-0.39, 0.29) is 5.75 Å². The molecule has 3 aromatic rings. The molecule has 0 saturated carbocycles. The first-order valence-corrected chi connectivity index (χ1v) is 6.83. The molecule has 20 heavy (non-hydrogen) atoms. The fourth-order valence-electron chi connectivity index (χ4n) is 1.91. The molecule has 0 unspecified atom stereocenters. The SMILES string of the molecule is Cc1ccc(-c2nc(-c3ccccc3Br)no2)c(O)c1. The highest BCUT2D eigenvalue weighted by Crippen LogP contribution is 2.31. The quantitative estimate of drug-likeness (QED) is 0.765. The van der Waals surface area contributed by atoms with Gasteiger partial charge in [0.2, 0.25) is 5.82 Å². The minimum absolute atomic E-state index is 0.132. The van der Waals surface area contributed by atoms with Crippen molar-refractivity contribution in [2.24, 2.45) is 0 Å². The second-order valence-electron chi connectivity index (χ2n) is 4.42. The van der Waals surface area contributed by atoms with Crippen LogP contribution in [0.1, 0.15) is 5.56 Å². The summed E-state index contributed by atoms with van der Waals surface area (Å²) >= 11 is 3.45. The van der Waals surface area contributed by atoms with Gasteiger partial charge in [0.15, 0.2) is 0 Å². The van der Waals surface area contributed by atoms with Crippen LogP contribution in [-0.2, 0) is 0 Å². The van der Waals surface area contributed by atoms with Gasteiger partial charge in [-0.15, -0.1) is 0 Å². The van der Waals surface area contributed by atoms with E-state index in [1.165, 1.54) is 0 Å². The first-order valence-electron chi connectivity index (χ1n) is 6.04. The number of phenolic OH excluding ortho intramolecular Hbond substituents is 1. The Hall–Kier alpha value is -2.14. The summed E-state index contributed by atoms with van der Waals surface area (Å²) in [7, 11) is 0. The molecule has 1 aromatic heterocycles. The van der Waals surface area contributed by atoms with Gasteiger partial charge < -0.3 is 9.63 Å². The smallest absolute Gasteiger partial charge is 0.261 e. The first-order chi connectivity index (χ1) is 9.65. The van der Waals surface area contributed by atoms with E-state index in [1.54, 1.807) is 12.1 Å². The average Bonchev–Trinajstić information content (AvgIpc) is 2.88. The van der Waals surface area contributed by atoms with Crippen molar-refractivity contribution in [2.45, 2.75) is 6.92 Å². The van der Waals surface area contributed by atoms with E-state index in [0.29, 0.717) is 17.3 Å². The lowest BCUT2D eigenvalue weighted by molar-refractivity contribution is 0.425. The monoisotopic (exact) mass is 330 g/mol. The zero-order valence-electron chi connectivity index (χ0n) is 10.7. The highest BCUT2D eigenvalue weighted by atomic mass is 79.9. The molecule has 1 heterocycles. The molecule has 100 valence electrons. The molecule has 0 fully saturated rings. The van der Waals surface area contributed by atoms with E-state index in [0.717, 1.165) is 15.6 Å². The van der Waals surface area contributed by atoms with Crippen molar-refractivity contribution in [3.8, 4) is 28.6 Å². The van der Waals surface area contributed by atoms with Gasteiger partial charge in [-0.1, -0.05) is 39.3 Å².